The molecule has 1 nitrogen and oxygen atoms in total. The standard InChI is InChI=1S/C12H16N/c1-11-7-3-4-8-12(11)13-9-5-2-6-10-13/h3-5,7-8H,2,6,9-10H2,1H3. The van der Waals surface area contributed by atoms with Gasteiger partial charge < -0.3 is 4.90 Å². The van der Waals surface area contributed by atoms with Crippen molar-refractivity contribution in [1.29, 1.82) is 0 Å². The number of para-hydroxylation sites is 1. The molecule has 69 valence electrons. The summed E-state index contributed by atoms with van der Waals surface area (Å²) in [7, 11) is 0. The zero-order valence-corrected chi connectivity index (χ0v) is 8.16. The number of rotatable bonds is 1. The van der Waals surface area contributed by atoms with Gasteiger partial charge in [-0.15, -0.1) is 0 Å². The van der Waals surface area contributed by atoms with Crippen molar-refractivity contribution in [3.63, 3.8) is 0 Å². The highest BCUT2D eigenvalue weighted by atomic mass is 15.1. The van der Waals surface area contributed by atoms with E-state index >= 15 is 0 Å². The Labute approximate surface area is 80.4 Å². The second-order valence-electron chi connectivity index (χ2n) is 3.66. The van der Waals surface area contributed by atoms with E-state index in [-0.39, 0.29) is 0 Å². The van der Waals surface area contributed by atoms with Gasteiger partial charge in [0.1, 0.15) is 0 Å². The Kier molecular flexibility index (Phi) is 2.53. The van der Waals surface area contributed by atoms with Crippen LogP contribution in [0.3, 0.4) is 0 Å². The average Bonchev–Trinajstić information content (AvgIpc) is 2.20. The van der Waals surface area contributed by atoms with Crippen LogP contribution < -0.4 is 4.90 Å². The summed E-state index contributed by atoms with van der Waals surface area (Å²) >= 11 is 0. The van der Waals surface area contributed by atoms with Crippen molar-refractivity contribution in [3.8, 4) is 0 Å². The van der Waals surface area contributed by atoms with E-state index in [0.717, 1.165) is 6.54 Å². The van der Waals surface area contributed by atoms with E-state index < -0.39 is 0 Å². The molecule has 0 unspecified atom stereocenters. The molecule has 1 heteroatoms. The van der Waals surface area contributed by atoms with E-state index in [4.69, 9.17) is 0 Å². The summed E-state index contributed by atoms with van der Waals surface area (Å²) in [6, 6.07) is 8.63. The van der Waals surface area contributed by atoms with Gasteiger partial charge in [0.25, 0.3) is 0 Å². The molecule has 1 aliphatic heterocycles. The molecule has 1 aromatic carbocycles. The van der Waals surface area contributed by atoms with Crippen molar-refractivity contribution in [2.75, 3.05) is 18.0 Å². The second kappa shape index (κ2) is 3.82. The molecule has 0 bridgehead atoms. The molecule has 0 amide bonds. The Balaban J connectivity index is 2.18. The van der Waals surface area contributed by atoms with E-state index in [0.29, 0.717) is 0 Å². The summed E-state index contributed by atoms with van der Waals surface area (Å²) in [6.07, 6.45) is 4.95. The molecular formula is C12H16N. The molecular weight excluding hydrogens is 158 g/mol. The van der Waals surface area contributed by atoms with Crippen LogP contribution in [-0.4, -0.2) is 13.1 Å². The first kappa shape index (κ1) is 8.61. The fraction of sp³-hybridized carbons (Fsp3) is 0.417. The number of benzene rings is 1. The van der Waals surface area contributed by atoms with Crippen LogP contribution in [0.25, 0.3) is 0 Å². The van der Waals surface area contributed by atoms with Crippen LogP contribution in [0.5, 0.6) is 0 Å². The van der Waals surface area contributed by atoms with Crippen molar-refractivity contribution >= 4 is 5.69 Å². The lowest BCUT2D eigenvalue weighted by Crippen LogP contribution is -2.30. The molecule has 0 spiro atoms. The Bertz CT molecular complexity index is 274. The third-order valence-electron chi connectivity index (χ3n) is 2.64. The van der Waals surface area contributed by atoms with Gasteiger partial charge >= 0.3 is 0 Å². The first-order valence-electron chi connectivity index (χ1n) is 5.00. The summed E-state index contributed by atoms with van der Waals surface area (Å²) in [4.78, 5) is 2.46. The Hall–Kier alpha value is -0.980. The van der Waals surface area contributed by atoms with Crippen molar-refractivity contribution in [3.05, 3.63) is 36.2 Å². The minimum atomic E-state index is 1.12. The Morgan fingerprint density at radius 1 is 1.23 bits per heavy atom. The molecule has 1 saturated heterocycles. The summed E-state index contributed by atoms with van der Waals surface area (Å²) in [5.74, 6) is 0. The minimum Gasteiger partial charge on any atom is -0.371 e. The van der Waals surface area contributed by atoms with Gasteiger partial charge in [-0.25, -0.2) is 0 Å². The monoisotopic (exact) mass is 174 g/mol. The molecule has 0 N–H and O–H groups in total. The van der Waals surface area contributed by atoms with Gasteiger partial charge in [0.05, 0.1) is 0 Å². The smallest absolute Gasteiger partial charge is 0.0395 e. The SMILES string of the molecule is Cc1ccccc1N1C[CH]CCC1. The Morgan fingerprint density at radius 2 is 2.08 bits per heavy atom. The van der Waals surface area contributed by atoms with Crippen molar-refractivity contribution < 1.29 is 0 Å². The van der Waals surface area contributed by atoms with E-state index in [1.807, 2.05) is 0 Å². The quantitative estimate of drug-likeness (QED) is 0.632. The van der Waals surface area contributed by atoms with Gasteiger partial charge in [-0.2, -0.15) is 0 Å². The first-order chi connectivity index (χ1) is 6.38. The summed E-state index contributed by atoms with van der Waals surface area (Å²) in [5, 5.41) is 0. The summed E-state index contributed by atoms with van der Waals surface area (Å²) in [6.45, 7) is 4.51. The number of piperidine rings is 1. The van der Waals surface area contributed by atoms with E-state index in [9.17, 15) is 0 Å². The first-order valence-corrected chi connectivity index (χ1v) is 5.00. The normalized spacial score (nSPS) is 17.5. The molecule has 1 heterocycles. The number of aryl methyl sites for hydroxylation is 1. The third kappa shape index (κ3) is 1.85. The maximum atomic E-state index is 2.46. The molecule has 0 atom stereocenters. The maximum Gasteiger partial charge on any atom is 0.0395 e. The molecule has 1 fully saturated rings. The fourth-order valence-corrected chi connectivity index (χ4v) is 1.90. The molecule has 1 aromatic rings. The second-order valence-corrected chi connectivity index (χ2v) is 3.66. The van der Waals surface area contributed by atoms with Gasteiger partial charge in [0, 0.05) is 18.8 Å². The highest BCUT2D eigenvalue weighted by Gasteiger charge is 2.11. The van der Waals surface area contributed by atoms with Crippen molar-refractivity contribution in [2.24, 2.45) is 0 Å². The molecule has 1 radical (unpaired) electrons. The van der Waals surface area contributed by atoms with E-state index in [1.54, 1.807) is 0 Å². The lowest BCUT2D eigenvalue weighted by molar-refractivity contribution is 0.670. The van der Waals surface area contributed by atoms with Crippen molar-refractivity contribution in [1.82, 2.24) is 0 Å². The topological polar surface area (TPSA) is 3.24 Å². The molecule has 1 aliphatic rings. The lowest BCUT2D eigenvalue weighted by atomic mass is 10.1. The molecule has 0 saturated carbocycles. The van der Waals surface area contributed by atoms with Crippen LogP contribution >= 0.6 is 0 Å². The van der Waals surface area contributed by atoms with Gasteiger partial charge in [-0.1, -0.05) is 18.2 Å². The predicted octanol–water partition coefficient (Wildman–Crippen LogP) is 2.80. The number of nitrogens with zero attached hydrogens (tertiary/aromatic N) is 1. The fourth-order valence-electron chi connectivity index (χ4n) is 1.90. The minimum absolute atomic E-state index is 1.12. The van der Waals surface area contributed by atoms with Crippen LogP contribution in [0.15, 0.2) is 24.3 Å². The largest absolute Gasteiger partial charge is 0.371 e. The third-order valence-corrected chi connectivity index (χ3v) is 2.64. The number of anilines is 1. The highest BCUT2D eigenvalue weighted by Crippen LogP contribution is 2.22. The van der Waals surface area contributed by atoms with E-state index in [1.165, 1.54) is 30.6 Å². The van der Waals surface area contributed by atoms with Crippen LogP contribution in [-0.2, 0) is 0 Å². The number of hydrogen-bond donors (Lipinski definition) is 0. The van der Waals surface area contributed by atoms with Crippen LogP contribution in [0, 0.1) is 13.3 Å². The molecule has 0 aromatic heterocycles. The Morgan fingerprint density at radius 3 is 2.77 bits per heavy atom. The van der Waals surface area contributed by atoms with Gasteiger partial charge in [-0.3, -0.25) is 0 Å². The van der Waals surface area contributed by atoms with E-state index in [2.05, 4.69) is 42.5 Å². The number of hydrogen-bond acceptors (Lipinski definition) is 1. The van der Waals surface area contributed by atoms with Gasteiger partial charge in [0.15, 0.2) is 0 Å². The molecule has 0 aliphatic carbocycles. The lowest BCUT2D eigenvalue weighted by Gasteiger charge is -2.29. The molecule has 2 rings (SSSR count). The van der Waals surface area contributed by atoms with Gasteiger partial charge in [-0.05, 0) is 37.8 Å². The van der Waals surface area contributed by atoms with Crippen molar-refractivity contribution in [2.45, 2.75) is 19.8 Å². The maximum absolute atomic E-state index is 2.46. The van der Waals surface area contributed by atoms with Crippen LogP contribution in [0.1, 0.15) is 18.4 Å². The average molecular weight is 174 g/mol. The zero-order valence-electron chi connectivity index (χ0n) is 8.16. The molecule has 13 heavy (non-hydrogen) atoms. The predicted molar refractivity (Wildman–Crippen MR) is 56.9 cm³/mol. The summed E-state index contributed by atoms with van der Waals surface area (Å²) < 4.78 is 0. The summed E-state index contributed by atoms with van der Waals surface area (Å²) in [5.41, 5.74) is 2.79. The highest BCUT2D eigenvalue weighted by molar-refractivity contribution is 5.53. The van der Waals surface area contributed by atoms with Gasteiger partial charge in [0.2, 0.25) is 0 Å². The van der Waals surface area contributed by atoms with Crippen LogP contribution in [0.4, 0.5) is 5.69 Å². The van der Waals surface area contributed by atoms with Crippen LogP contribution in [0.2, 0.25) is 0 Å². The zero-order chi connectivity index (χ0) is 9.10.